The molecule has 0 unspecified atom stereocenters. The first-order chi connectivity index (χ1) is 11.2. The van der Waals surface area contributed by atoms with Gasteiger partial charge in [-0.15, -0.1) is 0 Å². The van der Waals surface area contributed by atoms with E-state index >= 15 is 0 Å². The largest absolute Gasteiger partial charge is 0.497 e. The van der Waals surface area contributed by atoms with Crippen LogP contribution < -0.4 is 4.74 Å². The lowest BCUT2D eigenvalue weighted by Gasteiger charge is -2.00. The third-order valence-electron chi connectivity index (χ3n) is 3.35. The van der Waals surface area contributed by atoms with Crippen molar-refractivity contribution in [2.75, 3.05) is 7.11 Å². The van der Waals surface area contributed by atoms with Gasteiger partial charge < -0.3 is 9.72 Å². The molecule has 2 aromatic carbocycles. The van der Waals surface area contributed by atoms with E-state index in [2.05, 4.69) is 9.97 Å². The number of aromatic amines is 1. The molecule has 0 saturated carbocycles. The normalized spacial score (nSPS) is 11.1. The third-order valence-corrected chi connectivity index (χ3v) is 3.90. The van der Waals surface area contributed by atoms with Gasteiger partial charge in [-0.3, -0.25) is 0 Å². The summed E-state index contributed by atoms with van der Waals surface area (Å²) in [6.07, 6.45) is 5.71. The Bertz CT molecular complexity index is 838. The van der Waals surface area contributed by atoms with Gasteiger partial charge in [0.25, 0.3) is 0 Å². The second-order valence-electron chi connectivity index (χ2n) is 4.90. The molecule has 0 bridgehead atoms. The Morgan fingerprint density at radius 3 is 2.52 bits per heavy atom. The zero-order valence-electron chi connectivity index (χ0n) is 12.4. The Morgan fingerprint density at radius 1 is 1.04 bits per heavy atom. The van der Waals surface area contributed by atoms with Crippen LogP contribution in [0.4, 0.5) is 0 Å². The Balaban J connectivity index is 1.79. The fourth-order valence-corrected chi connectivity index (χ4v) is 2.65. The van der Waals surface area contributed by atoms with Crippen LogP contribution in [0.3, 0.4) is 0 Å². The predicted octanol–water partition coefficient (Wildman–Crippen LogP) is 5.56. The second-order valence-corrected chi connectivity index (χ2v) is 5.75. The molecule has 0 spiro atoms. The van der Waals surface area contributed by atoms with Gasteiger partial charge in [-0.1, -0.05) is 41.4 Å². The van der Waals surface area contributed by atoms with Crippen molar-refractivity contribution in [3.8, 4) is 17.0 Å². The number of aromatic nitrogens is 2. The number of halogens is 2. The minimum absolute atomic E-state index is 0.578. The van der Waals surface area contributed by atoms with E-state index < -0.39 is 0 Å². The van der Waals surface area contributed by atoms with Gasteiger partial charge in [-0.05, 0) is 42.0 Å². The molecule has 0 saturated heterocycles. The molecule has 0 aliphatic heterocycles. The molecule has 0 aliphatic rings. The Hall–Kier alpha value is -2.23. The Labute approximate surface area is 144 Å². The highest BCUT2D eigenvalue weighted by molar-refractivity contribution is 6.36. The minimum atomic E-state index is 0.578. The molecular weight excluding hydrogens is 331 g/mol. The number of H-pyrrole nitrogens is 1. The van der Waals surface area contributed by atoms with Gasteiger partial charge in [0.2, 0.25) is 0 Å². The standard InChI is InChI=1S/C18H14Cl2N2O/c1-23-14-6-2-12(3-7-14)4-9-18-21-11-17(22-18)15-8-5-13(19)10-16(15)20/h2-11H,1H3,(H,21,22). The van der Waals surface area contributed by atoms with Gasteiger partial charge in [-0.2, -0.15) is 0 Å². The molecule has 0 atom stereocenters. The summed E-state index contributed by atoms with van der Waals surface area (Å²) in [5, 5.41) is 1.18. The van der Waals surface area contributed by atoms with Crippen molar-refractivity contribution in [2.45, 2.75) is 0 Å². The molecule has 5 heteroatoms. The van der Waals surface area contributed by atoms with E-state index in [1.165, 1.54) is 0 Å². The first kappa shape index (κ1) is 15.7. The summed E-state index contributed by atoms with van der Waals surface area (Å²) in [7, 11) is 1.65. The fraction of sp³-hybridized carbons (Fsp3) is 0.0556. The molecule has 116 valence electrons. The number of benzene rings is 2. The summed E-state index contributed by atoms with van der Waals surface area (Å²) < 4.78 is 5.14. The van der Waals surface area contributed by atoms with Crippen LogP contribution in [-0.2, 0) is 0 Å². The van der Waals surface area contributed by atoms with E-state index in [0.29, 0.717) is 10.0 Å². The number of hydrogen-bond donors (Lipinski definition) is 1. The van der Waals surface area contributed by atoms with E-state index in [1.54, 1.807) is 19.2 Å². The van der Waals surface area contributed by atoms with Gasteiger partial charge >= 0.3 is 0 Å². The SMILES string of the molecule is COc1ccc(C=Cc2nc(-c3ccc(Cl)cc3Cl)c[nH]2)cc1. The van der Waals surface area contributed by atoms with Gasteiger partial charge in [0, 0.05) is 16.8 Å². The molecule has 0 amide bonds. The van der Waals surface area contributed by atoms with Crippen LogP contribution >= 0.6 is 23.2 Å². The molecule has 1 aromatic heterocycles. The average Bonchev–Trinajstić information content (AvgIpc) is 3.02. The Morgan fingerprint density at radius 2 is 1.83 bits per heavy atom. The maximum absolute atomic E-state index is 6.21. The van der Waals surface area contributed by atoms with Crippen LogP contribution in [0.25, 0.3) is 23.4 Å². The minimum Gasteiger partial charge on any atom is -0.497 e. The lowest BCUT2D eigenvalue weighted by molar-refractivity contribution is 0.415. The summed E-state index contributed by atoms with van der Waals surface area (Å²) in [4.78, 5) is 7.65. The van der Waals surface area contributed by atoms with Crippen molar-refractivity contribution >= 4 is 35.4 Å². The van der Waals surface area contributed by atoms with Gasteiger partial charge in [0.05, 0.1) is 17.8 Å². The average molecular weight is 345 g/mol. The maximum atomic E-state index is 6.21. The van der Waals surface area contributed by atoms with Crippen molar-refractivity contribution in [2.24, 2.45) is 0 Å². The van der Waals surface area contributed by atoms with Crippen LogP contribution in [0.2, 0.25) is 10.0 Å². The molecule has 23 heavy (non-hydrogen) atoms. The molecular formula is C18H14Cl2N2O. The van der Waals surface area contributed by atoms with Crippen LogP contribution in [-0.4, -0.2) is 17.1 Å². The summed E-state index contributed by atoms with van der Waals surface area (Å²) in [6.45, 7) is 0. The molecule has 0 fully saturated rings. The van der Waals surface area contributed by atoms with Gasteiger partial charge in [-0.25, -0.2) is 4.98 Å². The van der Waals surface area contributed by atoms with Crippen molar-refractivity contribution in [3.63, 3.8) is 0 Å². The van der Waals surface area contributed by atoms with E-state index in [1.807, 2.05) is 48.7 Å². The monoisotopic (exact) mass is 344 g/mol. The number of nitrogens with zero attached hydrogens (tertiary/aromatic N) is 1. The summed E-state index contributed by atoms with van der Waals surface area (Å²) >= 11 is 12.1. The second kappa shape index (κ2) is 6.90. The zero-order valence-corrected chi connectivity index (χ0v) is 13.9. The number of nitrogens with one attached hydrogen (secondary N) is 1. The highest BCUT2D eigenvalue weighted by atomic mass is 35.5. The third kappa shape index (κ3) is 3.76. The highest BCUT2D eigenvalue weighted by Gasteiger charge is 2.07. The van der Waals surface area contributed by atoms with E-state index in [-0.39, 0.29) is 0 Å². The van der Waals surface area contributed by atoms with E-state index in [4.69, 9.17) is 27.9 Å². The van der Waals surface area contributed by atoms with Crippen LogP contribution in [0.1, 0.15) is 11.4 Å². The summed E-state index contributed by atoms with van der Waals surface area (Å²) in [6, 6.07) is 13.2. The number of imidazole rings is 1. The topological polar surface area (TPSA) is 37.9 Å². The fourth-order valence-electron chi connectivity index (χ4n) is 2.15. The van der Waals surface area contributed by atoms with Gasteiger partial charge in [0.15, 0.2) is 0 Å². The van der Waals surface area contributed by atoms with Crippen LogP contribution in [0, 0.1) is 0 Å². The Kier molecular flexibility index (Phi) is 4.70. The van der Waals surface area contributed by atoms with Crippen LogP contribution in [0.15, 0.2) is 48.7 Å². The van der Waals surface area contributed by atoms with E-state index in [9.17, 15) is 0 Å². The molecule has 3 rings (SSSR count). The van der Waals surface area contributed by atoms with Crippen molar-refractivity contribution in [3.05, 3.63) is 70.1 Å². The lowest BCUT2D eigenvalue weighted by atomic mass is 10.2. The zero-order chi connectivity index (χ0) is 16.2. The lowest BCUT2D eigenvalue weighted by Crippen LogP contribution is -1.82. The smallest absolute Gasteiger partial charge is 0.130 e. The number of hydrogen-bond acceptors (Lipinski definition) is 2. The predicted molar refractivity (Wildman–Crippen MR) is 96.0 cm³/mol. The maximum Gasteiger partial charge on any atom is 0.130 e. The van der Waals surface area contributed by atoms with Crippen molar-refractivity contribution < 1.29 is 4.74 Å². The number of rotatable bonds is 4. The summed E-state index contributed by atoms with van der Waals surface area (Å²) in [5.74, 6) is 1.58. The molecule has 1 N–H and O–H groups in total. The molecule has 0 aliphatic carbocycles. The molecule has 1 heterocycles. The molecule has 3 aromatic rings. The first-order valence-corrected chi connectivity index (χ1v) is 7.74. The van der Waals surface area contributed by atoms with E-state index in [0.717, 1.165) is 28.4 Å². The quantitative estimate of drug-likeness (QED) is 0.672. The molecule has 3 nitrogen and oxygen atoms in total. The van der Waals surface area contributed by atoms with Crippen molar-refractivity contribution in [1.29, 1.82) is 0 Å². The number of ether oxygens (including phenoxy) is 1. The van der Waals surface area contributed by atoms with Crippen LogP contribution in [0.5, 0.6) is 5.75 Å². The number of methoxy groups -OCH3 is 1. The highest BCUT2D eigenvalue weighted by Crippen LogP contribution is 2.29. The first-order valence-electron chi connectivity index (χ1n) is 6.98. The van der Waals surface area contributed by atoms with Gasteiger partial charge in [0.1, 0.15) is 11.6 Å². The van der Waals surface area contributed by atoms with Crippen molar-refractivity contribution in [1.82, 2.24) is 9.97 Å². The molecule has 0 radical (unpaired) electrons. The summed E-state index contributed by atoms with van der Waals surface area (Å²) in [5.41, 5.74) is 2.69.